The number of nitrogens with one attached hydrogen (secondary N) is 2. The summed E-state index contributed by atoms with van der Waals surface area (Å²) in [5.74, 6) is 0.887. The Hall–Kier alpha value is -2.27. The molecule has 0 bridgehead atoms. The highest BCUT2D eigenvalue weighted by molar-refractivity contribution is 5.82. The van der Waals surface area contributed by atoms with Gasteiger partial charge in [-0.15, -0.1) is 0 Å². The van der Waals surface area contributed by atoms with Gasteiger partial charge in [-0.1, -0.05) is 38.5 Å². The van der Waals surface area contributed by atoms with Crippen molar-refractivity contribution in [3.05, 3.63) is 23.5 Å². The molecule has 2 aromatic rings. The van der Waals surface area contributed by atoms with Crippen LogP contribution in [0.2, 0.25) is 0 Å². The van der Waals surface area contributed by atoms with Crippen LogP contribution in [0, 0.1) is 12.8 Å². The minimum Gasteiger partial charge on any atom is -0.355 e. The van der Waals surface area contributed by atoms with E-state index in [1.807, 2.05) is 4.52 Å². The van der Waals surface area contributed by atoms with Gasteiger partial charge in [0, 0.05) is 55.7 Å². The summed E-state index contributed by atoms with van der Waals surface area (Å²) in [6, 6.07) is 2.23. The van der Waals surface area contributed by atoms with E-state index < -0.39 is 0 Å². The van der Waals surface area contributed by atoms with E-state index in [0.717, 1.165) is 93.7 Å². The van der Waals surface area contributed by atoms with Crippen molar-refractivity contribution in [3.8, 4) is 0 Å². The number of nitrogens with zero attached hydrogens (tertiary/aromatic N) is 5. The number of hydrogen-bond donors (Lipinski definition) is 4. The maximum Gasteiger partial charge on any atom is 0.231 e. The number of hydrogen-bond acceptors (Lipinski definition) is 8. The molecule has 6 N–H and O–H groups in total. The Balaban J connectivity index is 1.29. The van der Waals surface area contributed by atoms with Crippen molar-refractivity contribution in [2.24, 2.45) is 17.4 Å². The van der Waals surface area contributed by atoms with Crippen molar-refractivity contribution in [2.75, 3.05) is 31.2 Å². The normalized spacial score (nSPS) is 30.3. The number of fused-ring (bicyclic) bond motifs is 1. The van der Waals surface area contributed by atoms with E-state index in [9.17, 15) is 4.79 Å². The lowest BCUT2D eigenvalue weighted by atomic mass is 9.72. The Labute approximate surface area is 232 Å². The summed E-state index contributed by atoms with van der Waals surface area (Å²) in [6.07, 6.45) is 15.1. The van der Waals surface area contributed by atoms with Gasteiger partial charge in [-0.3, -0.25) is 15.4 Å². The third kappa shape index (κ3) is 5.28. The lowest BCUT2D eigenvalue weighted by Crippen LogP contribution is -2.71. The smallest absolute Gasteiger partial charge is 0.231 e. The van der Waals surface area contributed by atoms with Crippen LogP contribution in [0.1, 0.15) is 94.3 Å². The average molecular weight is 538 g/mol. The zero-order valence-electron chi connectivity index (χ0n) is 23.6. The largest absolute Gasteiger partial charge is 0.355 e. The summed E-state index contributed by atoms with van der Waals surface area (Å²) in [4.78, 5) is 23.9. The van der Waals surface area contributed by atoms with Crippen molar-refractivity contribution in [3.63, 3.8) is 0 Å². The predicted octanol–water partition coefficient (Wildman–Crippen LogP) is 2.55. The molecule has 5 heterocycles. The van der Waals surface area contributed by atoms with Crippen molar-refractivity contribution in [2.45, 2.75) is 108 Å². The second-order valence-electron chi connectivity index (χ2n) is 12.5. The fourth-order valence-corrected chi connectivity index (χ4v) is 7.67. The number of aryl methyl sites for hydroxylation is 1. The zero-order valence-corrected chi connectivity index (χ0v) is 23.6. The molecule has 0 radical (unpaired) electrons. The third-order valence-corrected chi connectivity index (χ3v) is 9.77. The molecule has 1 spiro atoms. The molecular weight excluding hydrogens is 490 g/mol. The van der Waals surface area contributed by atoms with Crippen molar-refractivity contribution in [1.29, 1.82) is 0 Å². The first kappa shape index (κ1) is 26.9. The summed E-state index contributed by atoms with van der Waals surface area (Å²) in [6.45, 7) is 5.27. The zero-order chi connectivity index (χ0) is 27.0. The van der Waals surface area contributed by atoms with Gasteiger partial charge in [-0.05, 0) is 45.4 Å². The Morgan fingerprint density at radius 1 is 1.03 bits per heavy atom. The van der Waals surface area contributed by atoms with E-state index >= 15 is 0 Å². The van der Waals surface area contributed by atoms with Crippen LogP contribution in [0.25, 0.3) is 5.65 Å². The SMILES string of the molecule is Cc1cn2nc([C@@H]3CCCCN3C(=O)C3C(N)NCNC34CCCCCCCC4)cc2nc1N1CC[C@H](N)C1. The van der Waals surface area contributed by atoms with Crippen LogP contribution in [-0.2, 0) is 4.79 Å². The van der Waals surface area contributed by atoms with Gasteiger partial charge in [0.25, 0.3) is 0 Å². The number of piperidine rings is 1. The number of carbonyl (C=O) groups excluding carboxylic acids is 1. The summed E-state index contributed by atoms with van der Waals surface area (Å²) < 4.78 is 1.89. The monoisotopic (exact) mass is 537 g/mol. The minimum absolute atomic E-state index is 0.0561. The van der Waals surface area contributed by atoms with Gasteiger partial charge in [0.15, 0.2) is 5.65 Å². The van der Waals surface area contributed by atoms with Crippen LogP contribution >= 0.6 is 0 Å². The molecule has 3 saturated heterocycles. The third-order valence-electron chi connectivity index (χ3n) is 9.77. The molecule has 1 saturated carbocycles. The minimum atomic E-state index is -0.346. The molecule has 39 heavy (non-hydrogen) atoms. The standard InChI is InChI=1S/C29H47N9O/c1-20-17-38-24(34-27(20)36-15-11-21(30)18-36)16-22(35-38)23-10-6-9-14-37(23)28(39)25-26(31)32-19-33-29(25)12-7-4-2-3-5-8-13-29/h16-17,21,23,25-26,32-33H,2-15,18-19,30-31H2,1H3/t21-,23-,25?,26?/m0/s1. The van der Waals surface area contributed by atoms with Gasteiger partial charge in [0.2, 0.25) is 5.91 Å². The van der Waals surface area contributed by atoms with Crippen LogP contribution < -0.4 is 27.0 Å². The van der Waals surface area contributed by atoms with Crippen LogP contribution in [-0.4, -0.2) is 69.5 Å². The molecule has 4 fully saturated rings. The Kier molecular flexibility index (Phi) is 7.81. The van der Waals surface area contributed by atoms with E-state index in [4.69, 9.17) is 21.5 Å². The quantitative estimate of drug-likeness (QED) is 0.470. The lowest BCUT2D eigenvalue weighted by molar-refractivity contribution is -0.146. The second-order valence-corrected chi connectivity index (χ2v) is 12.5. The van der Waals surface area contributed by atoms with Crippen LogP contribution in [0.15, 0.2) is 12.3 Å². The molecule has 4 atom stereocenters. The average Bonchev–Trinajstić information content (AvgIpc) is 3.57. The highest BCUT2D eigenvalue weighted by atomic mass is 16.2. The number of carbonyl (C=O) groups is 1. The van der Waals surface area contributed by atoms with Gasteiger partial charge >= 0.3 is 0 Å². The van der Waals surface area contributed by atoms with Crippen LogP contribution in [0.5, 0.6) is 0 Å². The molecule has 4 aliphatic rings. The van der Waals surface area contributed by atoms with E-state index in [0.29, 0.717) is 6.67 Å². The number of rotatable bonds is 3. The Morgan fingerprint density at radius 2 is 1.79 bits per heavy atom. The Morgan fingerprint density at radius 3 is 2.54 bits per heavy atom. The molecule has 0 aromatic carbocycles. The number of likely N-dealkylation sites (tertiary alicyclic amines) is 1. The molecule has 1 amide bonds. The van der Waals surface area contributed by atoms with E-state index in [1.54, 1.807) is 0 Å². The van der Waals surface area contributed by atoms with Crippen molar-refractivity contribution < 1.29 is 4.79 Å². The summed E-state index contributed by atoms with van der Waals surface area (Å²) >= 11 is 0. The van der Waals surface area contributed by atoms with Gasteiger partial charge in [0.05, 0.1) is 23.8 Å². The summed E-state index contributed by atoms with van der Waals surface area (Å²) in [5, 5.41) is 12.1. The molecule has 2 aromatic heterocycles. The van der Waals surface area contributed by atoms with Crippen LogP contribution in [0.4, 0.5) is 5.82 Å². The van der Waals surface area contributed by atoms with Crippen LogP contribution in [0.3, 0.4) is 0 Å². The van der Waals surface area contributed by atoms with E-state index in [-0.39, 0.29) is 35.6 Å². The van der Waals surface area contributed by atoms with E-state index in [1.165, 1.54) is 25.7 Å². The number of amides is 1. The van der Waals surface area contributed by atoms with Crippen molar-refractivity contribution in [1.82, 2.24) is 30.1 Å². The van der Waals surface area contributed by atoms with Gasteiger partial charge in [-0.2, -0.15) is 5.10 Å². The Bertz CT molecular complexity index is 1160. The maximum absolute atomic E-state index is 14.5. The number of anilines is 1. The first-order valence-corrected chi connectivity index (χ1v) is 15.4. The first-order valence-electron chi connectivity index (χ1n) is 15.4. The fourth-order valence-electron chi connectivity index (χ4n) is 7.67. The highest BCUT2D eigenvalue weighted by Gasteiger charge is 2.50. The van der Waals surface area contributed by atoms with Gasteiger partial charge < -0.3 is 21.3 Å². The topological polar surface area (TPSA) is 130 Å². The molecule has 10 nitrogen and oxygen atoms in total. The summed E-state index contributed by atoms with van der Waals surface area (Å²) in [7, 11) is 0. The maximum atomic E-state index is 14.5. The number of nitrogens with two attached hydrogens (primary N) is 2. The van der Waals surface area contributed by atoms with Gasteiger partial charge in [0.1, 0.15) is 5.82 Å². The number of aromatic nitrogens is 3. The first-order chi connectivity index (χ1) is 18.9. The molecular formula is C29H47N9O. The van der Waals surface area contributed by atoms with Crippen molar-refractivity contribution >= 4 is 17.4 Å². The second kappa shape index (κ2) is 11.3. The molecule has 3 aliphatic heterocycles. The predicted molar refractivity (Wildman–Crippen MR) is 153 cm³/mol. The highest BCUT2D eigenvalue weighted by Crippen LogP contribution is 2.39. The van der Waals surface area contributed by atoms with Gasteiger partial charge in [-0.25, -0.2) is 9.50 Å². The van der Waals surface area contributed by atoms with E-state index in [2.05, 4.69) is 39.6 Å². The molecule has 10 heteroatoms. The molecule has 6 rings (SSSR count). The lowest BCUT2D eigenvalue weighted by Gasteiger charge is -2.50. The fraction of sp³-hybridized carbons (Fsp3) is 0.759. The molecule has 1 aliphatic carbocycles. The molecule has 2 unspecified atom stereocenters. The summed E-state index contributed by atoms with van der Waals surface area (Å²) in [5.41, 5.74) is 15.5. The molecule has 214 valence electrons.